The summed E-state index contributed by atoms with van der Waals surface area (Å²) in [6.07, 6.45) is 1.95. The molecule has 132 valence electrons. The maximum Gasteiger partial charge on any atom is 0.0688 e. The molecular formula is C24H26N2. The standard InChI is InChI=1S/C24H26N2/c1-4-26(18-22-11-6-5-7-12-22)23-15-13-21(14-16-23)17-25-24-19(2)9-8-10-20(24)3/h5-17H,4,18H2,1-3H3. The van der Waals surface area contributed by atoms with E-state index in [2.05, 4.69) is 98.5 Å². The van der Waals surface area contributed by atoms with Gasteiger partial charge in [0.1, 0.15) is 0 Å². The van der Waals surface area contributed by atoms with Crippen molar-refractivity contribution in [2.24, 2.45) is 4.99 Å². The number of rotatable bonds is 6. The van der Waals surface area contributed by atoms with E-state index in [4.69, 9.17) is 4.99 Å². The highest BCUT2D eigenvalue weighted by Crippen LogP contribution is 2.23. The van der Waals surface area contributed by atoms with Crippen molar-refractivity contribution in [2.75, 3.05) is 11.4 Å². The van der Waals surface area contributed by atoms with E-state index in [1.165, 1.54) is 22.4 Å². The molecule has 0 fully saturated rings. The van der Waals surface area contributed by atoms with E-state index in [0.717, 1.165) is 24.3 Å². The molecule has 0 aliphatic rings. The summed E-state index contributed by atoms with van der Waals surface area (Å²) in [6, 6.07) is 25.5. The lowest BCUT2D eigenvalue weighted by Crippen LogP contribution is -2.21. The highest BCUT2D eigenvalue weighted by Gasteiger charge is 2.05. The van der Waals surface area contributed by atoms with Crippen molar-refractivity contribution in [1.29, 1.82) is 0 Å². The maximum absolute atomic E-state index is 4.70. The highest BCUT2D eigenvalue weighted by atomic mass is 15.1. The predicted octanol–water partition coefficient (Wildman–Crippen LogP) is 6.08. The molecule has 0 saturated carbocycles. The summed E-state index contributed by atoms with van der Waals surface area (Å²) < 4.78 is 0. The summed E-state index contributed by atoms with van der Waals surface area (Å²) >= 11 is 0. The molecule has 0 unspecified atom stereocenters. The molecule has 0 amide bonds. The average Bonchev–Trinajstić information content (AvgIpc) is 2.67. The van der Waals surface area contributed by atoms with Crippen molar-refractivity contribution in [1.82, 2.24) is 0 Å². The van der Waals surface area contributed by atoms with Gasteiger partial charge >= 0.3 is 0 Å². The van der Waals surface area contributed by atoms with Crippen molar-refractivity contribution >= 4 is 17.6 Å². The molecule has 0 aliphatic carbocycles. The van der Waals surface area contributed by atoms with Crippen molar-refractivity contribution in [3.8, 4) is 0 Å². The molecule has 3 rings (SSSR count). The zero-order valence-electron chi connectivity index (χ0n) is 15.8. The second-order valence-electron chi connectivity index (χ2n) is 6.59. The van der Waals surface area contributed by atoms with Crippen LogP contribution in [-0.2, 0) is 6.54 Å². The van der Waals surface area contributed by atoms with Gasteiger partial charge < -0.3 is 4.90 Å². The van der Waals surface area contributed by atoms with Gasteiger partial charge in [0.15, 0.2) is 0 Å². The van der Waals surface area contributed by atoms with Gasteiger partial charge in [-0.2, -0.15) is 0 Å². The molecule has 3 aromatic rings. The molecule has 0 saturated heterocycles. The van der Waals surface area contributed by atoms with Gasteiger partial charge in [-0.25, -0.2) is 0 Å². The summed E-state index contributed by atoms with van der Waals surface area (Å²) in [5.41, 5.74) is 7.16. The molecule has 26 heavy (non-hydrogen) atoms. The SMILES string of the molecule is CCN(Cc1ccccc1)c1ccc(C=Nc2c(C)cccc2C)cc1. The second-order valence-corrected chi connectivity index (χ2v) is 6.59. The van der Waals surface area contributed by atoms with E-state index >= 15 is 0 Å². The number of aryl methyl sites for hydroxylation is 2. The van der Waals surface area contributed by atoms with Gasteiger partial charge in [0.05, 0.1) is 5.69 Å². The average molecular weight is 342 g/mol. The molecule has 0 bridgehead atoms. The predicted molar refractivity (Wildman–Crippen MR) is 113 cm³/mol. The Kier molecular flexibility index (Phi) is 5.85. The van der Waals surface area contributed by atoms with Crippen molar-refractivity contribution in [2.45, 2.75) is 27.3 Å². The summed E-state index contributed by atoms with van der Waals surface area (Å²) in [6.45, 7) is 8.30. The number of hydrogen-bond donors (Lipinski definition) is 0. The topological polar surface area (TPSA) is 15.6 Å². The smallest absolute Gasteiger partial charge is 0.0688 e. The number of benzene rings is 3. The van der Waals surface area contributed by atoms with Crippen LogP contribution in [0.25, 0.3) is 0 Å². The fourth-order valence-corrected chi connectivity index (χ4v) is 3.11. The Bertz CT molecular complexity index is 844. The first-order chi connectivity index (χ1) is 12.7. The van der Waals surface area contributed by atoms with E-state index in [0.29, 0.717) is 0 Å². The Morgan fingerprint density at radius 3 is 2.08 bits per heavy atom. The molecule has 0 atom stereocenters. The minimum atomic E-state index is 0.924. The molecular weight excluding hydrogens is 316 g/mol. The second kappa shape index (κ2) is 8.48. The largest absolute Gasteiger partial charge is 0.367 e. The number of nitrogens with zero attached hydrogens (tertiary/aromatic N) is 2. The lowest BCUT2D eigenvalue weighted by atomic mass is 10.1. The zero-order valence-corrected chi connectivity index (χ0v) is 15.8. The first-order valence-corrected chi connectivity index (χ1v) is 9.16. The normalized spacial score (nSPS) is 11.0. The van der Waals surface area contributed by atoms with Crippen LogP contribution < -0.4 is 4.90 Å². The summed E-state index contributed by atoms with van der Waals surface area (Å²) in [5, 5.41) is 0. The molecule has 0 aliphatic heterocycles. The molecule has 0 spiro atoms. The third-order valence-corrected chi connectivity index (χ3v) is 4.64. The molecule has 0 N–H and O–H groups in total. The highest BCUT2D eigenvalue weighted by molar-refractivity contribution is 5.83. The van der Waals surface area contributed by atoms with Gasteiger partial charge in [-0.3, -0.25) is 4.99 Å². The van der Waals surface area contributed by atoms with E-state index in [1.807, 2.05) is 6.21 Å². The monoisotopic (exact) mass is 342 g/mol. The van der Waals surface area contributed by atoms with Crippen molar-refractivity contribution in [3.63, 3.8) is 0 Å². The van der Waals surface area contributed by atoms with E-state index in [-0.39, 0.29) is 0 Å². The van der Waals surface area contributed by atoms with Gasteiger partial charge in [0.2, 0.25) is 0 Å². The summed E-state index contributed by atoms with van der Waals surface area (Å²) in [4.78, 5) is 7.08. The van der Waals surface area contributed by atoms with Crippen LogP contribution in [0.4, 0.5) is 11.4 Å². The molecule has 0 radical (unpaired) electrons. The first kappa shape index (κ1) is 17.9. The van der Waals surface area contributed by atoms with Crippen LogP contribution in [0.3, 0.4) is 0 Å². The van der Waals surface area contributed by atoms with E-state index < -0.39 is 0 Å². The molecule has 0 aromatic heterocycles. The third-order valence-electron chi connectivity index (χ3n) is 4.64. The minimum Gasteiger partial charge on any atom is -0.367 e. The minimum absolute atomic E-state index is 0.924. The number of para-hydroxylation sites is 1. The third kappa shape index (κ3) is 4.40. The maximum atomic E-state index is 4.70. The van der Waals surface area contributed by atoms with Crippen LogP contribution in [-0.4, -0.2) is 12.8 Å². The van der Waals surface area contributed by atoms with Gasteiger partial charge in [0, 0.05) is 25.0 Å². The van der Waals surface area contributed by atoms with Gasteiger partial charge in [-0.15, -0.1) is 0 Å². The van der Waals surface area contributed by atoms with E-state index in [1.54, 1.807) is 0 Å². The summed E-state index contributed by atoms with van der Waals surface area (Å²) in [5.74, 6) is 0. The van der Waals surface area contributed by atoms with Crippen molar-refractivity contribution < 1.29 is 0 Å². The molecule has 0 heterocycles. The Morgan fingerprint density at radius 1 is 0.808 bits per heavy atom. The Balaban J connectivity index is 1.74. The van der Waals surface area contributed by atoms with Gasteiger partial charge in [-0.1, -0.05) is 60.7 Å². The fraction of sp³-hybridized carbons (Fsp3) is 0.208. The van der Waals surface area contributed by atoms with Crippen LogP contribution in [0.1, 0.15) is 29.2 Å². The van der Waals surface area contributed by atoms with Gasteiger partial charge in [-0.05, 0) is 55.2 Å². The van der Waals surface area contributed by atoms with Gasteiger partial charge in [0.25, 0.3) is 0 Å². The Morgan fingerprint density at radius 2 is 1.46 bits per heavy atom. The van der Waals surface area contributed by atoms with Crippen LogP contribution in [0.2, 0.25) is 0 Å². The lowest BCUT2D eigenvalue weighted by molar-refractivity contribution is 0.832. The Hall–Kier alpha value is -2.87. The fourth-order valence-electron chi connectivity index (χ4n) is 3.11. The first-order valence-electron chi connectivity index (χ1n) is 9.16. The summed E-state index contributed by atoms with van der Waals surface area (Å²) in [7, 11) is 0. The molecule has 3 aromatic carbocycles. The van der Waals surface area contributed by atoms with Crippen molar-refractivity contribution in [3.05, 3.63) is 95.1 Å². The van der Waals surface area contributed by atoms with Crippen LogP contribution in [0.15, 0.2) is 77.8 Å². The molecule has 2 nitrogen and oxygen atoms in total. The van der Waals surface area contributed by atoms with Crippen LogP contribution in [0.5, 0.6) is 0 Å². The number of hydrogen-bond acceptors (Lipinski definition) is 2. The molecule has 2 heteroatoms. The zero-order chi connectivity index (χ0) is 18.4. The quantitative estimate of drug-likeness (QED) is 0.496. The lowest BCUT2D eigenvalue weighted by Gasteiger charge is -2.23. The Labute approximate surface area is 156 Å². The van der Waals surface area contributed by atoms with Crippen LogP contribution in [0, 0.1) is 13.8 Å². The number of anilines is 1. The van der Waals surface area contributed by atoms with Crippen LogP contribution >= 0.6 is 0 Å². The van der Waals surface area contributed by atoms with E-state index in [9.17, 15) is 0 Å². The number of aliphatic imine (C=N–C) groups is 1.